The molecule has 1 aromatic heterocycles. The molecule has 2 rings (SSSR count). The van der Waals surface area contributed by atoms with Gasteiger partial charge in [0.1, 0.15) is 5.01 Å². The lowest BCUT2D eigenvalue weighted by Gasteiger charge is -2.31. The van der Waals surface area contributed by atoms with Crippen LogP contribution in [0.3, 0.4) is 0 Å². The number of amides is 2. The Labute approximate surface area is 104 Å². The van der Waals surface area contributed by atoms with Crippen LogP contribution in [-0.4, -0.2) is 45.9 Å². The zero-order chi connectivity index (χ0) is 12.3. The number of urea groups is 1. The molecule has 7 heteroatoms. The number of aryl methyl sites for hydroxylation is 1. The first-order valence-corrected chi connectivity index (χ1v) is 6.47. The normalized spacial score (nSPS) is 20.4. The molecule has 0 aromatic carbocycles. The van der Waals surface area contributed by atoms with E-state index in [0.29, 0.717) is 11.7 Å². The molecule has 94 valence electrons. The molecule has 1 saturated heterocycles. The van der Waals surface area contributed by atoms with Crippen molar-refractivity contribution < 1.29 is 9.90 Å². The van der Waals surface area contributed by atoms with Crippen LogP contribution in [0.25, 0.3) is 0 Å². The summed E-state index contributed by atoms with van der Waals surface area (Å²) in [5.41, 5.74) is 0. The number of rotatable bonds is 2. The molecule has 0 saturated carbocycles. The van der Waals surface area contributed by atoms with Crippen LogP contribution in [0.1, 0.15) is 17.8 Å². The molecule has 1 atom stereocenters. The van der Waals surface area contributed by atoms with E-state index in [4.69, 9.17) is 5.11 Å². The Morgan fingerprint density at radius 1 is 1.65 bits per heavy atom. The summed E-state index contributed by atoms with van der Waals surface area (Å²) in [6, 6.07) is -0.153. The summed E-state index contributed by atoms with van der Waals surface area (Å²) in [4.78, 5) is 13.6. The molecule has 1 aliphatic rings. The molecule has 17 heavy (non-hydrogen) atoms. The summed E-state index contributed by atoms with van der Waals surface area (Å²) in [5, 5.41) is 20.9. The van der Waals surface area contributed by atoms with E-state index in [1.807, 2.05) is 6.92 Å². The van der Waals surface area contributed by atoms with Crippen molar-refractivity contribution in [3.8, 4) is 0 Å². The lowest BCUT2D eigenvalue weighted by atomic mass is 9.99. The predicted octanol–water partition coefficient (Wildman–Crippen LogP) is 1.08. The fourth-order valence-electron chi connectivity index (χ4n) is 1.92. The number of aromatic nitrogens is 2. The van der Waals surface area contributed by atoms with Crippen molar-refractivity contribution in [1.82, 2.24) is 15.1 Å². The fourth-order valence-corrected chi connectivity index (χ4v) is 2.50. The van der Waals surface area contributed by atoms with Crippen LogP contribution in [0.2, 0.25) is 0 Å². The number of aliphatic hydroxyl groups is 1. The zero-order valence-electron chi connectivity index (χ0n) is 9.72. The van der Waals surface area contributed by atoms with E-state index in [1.54, 1.807) is 4.90 Å². The molecule has 0 aliphatic carbocycles. The highest BCUT2D eigenvalue weighted by atomic mass is 32.1. The number of likely N-dealkylation sites (tertiary alicyclic amines) is 1. The third kappa shape index (κ3) is 3.13. The SMILES string of the molecule is Cc1nnc(NC(=O)N2CCC[C@@H](CO)C2)s1. The van der Waals surface area contributed by atoms with Gasteiger partial charge in [-0.1, -0.05) is 11.3 Å². The zero-order valence-corrected chi connectivity index (χ0v) is 10.5. The lowest BCUT2D eigenvalue weighted by molar-refractivity contribution is 0.136. The third-order valence-corrected chi connectivity index (χ3v) is 3.56. The van der Waals surface area contributed by atoms with E-state index < -0.39 is 0 Å². The molecule has 2 N–H and O–H groups in total. The van der Waals surface area contributed by atoms with Crippen LogP contribution in [0.4, 0.5) is 9.93 Å². The fraction of sp³-hybridized carbons (Fsp3) is 0.700. The Hall–Kier alpha value is -1.21. The van der Waals surface area contributed by atoms with Crippen LogP contribution in [0, 0.1) is 12.8 Å². The average molecular weight is 256 g/mol. The summed E-state index contributed by atoms with van der Waals surface area (Å²) in [6.07, 6.45) is 1.92. The Kier molecular flexibility index (Phi) is 3.90. The lowest BCUT2D eigenvalue weighted by Crippen LogP contribution is -2.43. The van der Waals surface area contributed by atoms with Gasteiger partial charge in [-0.05, 0) is 25.7 Å². The first kappa shape index (κ1) is 12.3. The highest BCUT2D eigenvalue weighted by molar-refractivity contribution is 7.15. The second-order valence-electron chi connectivity index (χ2n) is 4.19. The van der Waals surface area contributed by atoms with Gasteiger partial charge in [-0.25, -0.2) is 4.79 Å². The molecule has 0 spiro atoms. The maximum Gasteiger partial charge on any atom is 0.323 e. The van der Waals surface area contributed by atoms with E-state index in [0.717, 1.165) is 24.4 Å². The summed E-state index contributed by atoms with van der Waals surface area (Å²) in [5.74, 6) is 0.200. The van der Waals surface area contributed by atoms with Gasteiger partial charge in [0.25, 0.3) is 0 Å². The van der Waals surface area contributed by atoms with Crippen LogP contribution in [0.5, 0.6) is 0 Å². The van der Waals surface area contributed by atoms with Crippen molar-refractivity contribution in [3.63, 3.8) is 0 Å². The molecule has 2 heterocycles. The summed E-state index contributed by atoms with van der Waals surface area (Å²) in [6.45, 7) is 3.33. The minimum atomic E-state index is -0.153. The van der Waals surface area contributed by atoms with Crippen molar-refractivity contribution in [2.75, 3.05) is 25.0 Å². The van der Waals surface area contributed by atoms with E-state index in [1.165, 1.54) is 11.3 Å². The molecule has 1 fully saturated rings. The van der Waals surface area contributed by atoms with Crippen LogP contribution < -0.4 is 5.32 Å². The van der Waals surface area contributed by atoms with Crippen molar-refractivity contribution >= 4 is 22.5 Å². The molecule has 0 bridgehead atoms. The molecule has 2 amide bonds. The van der Waals surface area contributed by atoms with Gasteiger partial charge in [-0.3, -0.25) is 5.32 Å². The van der Waals surface area contributed by atoms with Gasteiger partial charge in [0.2, 0.25) is 5.13 Å². The maximum atomic E-state index is 11.9. The number of anilines is 1. The van der Waals surface area contributed by atoms with Crippen molar-refractivity contribution in [1.29, 1.82) is 0 Å². The van der Waals surface area contributed by atoms with Crippen molar-refractivity contribution in [2.45, 2.75) is 19.8 Å². The topological polar surface area (TPSA) is 78.4 Å². The molecule has 1 aromatic rings. The smallest absolute Gasteiger partial charge is 0.323 e. The summed E-state index contributed by atoms with van der Waals surface area (Å²) < 4.78 is 0. The number of nitrogens with one attached hydrogen (secondary N) is 1. The number of nitrogens with zero attached hydrogens (tertiary/aromatic N) is 3. The largest absolute Gasteiger partial charge is 0.396 e. The molecule has 0 unspecified atom stereocenters. The first-order chi connectivity index (χ1) is 8.19. The van der Waals surface area contributed by atoms with Gasteiger partial charge in [0.05, 0.1) is 0 Å². The van der Waals surface area contributed by atoms with E-state index in [-0.39, 0.29) is 18.6 Å². The van der Waals surface area contributed by atoms with Gasteiger partial charge in [0.15, 0.2) is 0 Å². The minimum absolute atomic E-state index is 0.141. The monoisotopic (exact) mass is 256 g/mol. The molecular formula is C10H16N4O2S. The van der Waals surface area contributed by atoms with Crippen LogP contribution >= 0.6 is 11.3 Å². The van der Waals surface area contributed by atoms with Crippen LogP contribution in [0.15, 0.2) is 0 Å². The van der Waals surface area contributed by atoms with E-state index >= 15 is 0 Å². The number of aliphatic hydroxyl groups excluding tert-OH is 1. The molecular weight excluding hydrogens is 240 g/mol. The van der Waals surface area contributed by atoms with Gasteiger partial charge < -0.3 is 10.0 Å². The number of carbonyl (C=O) groups excluding carboxylic acids is 1. The number of hydrogen-bond acceptors (Lipinski definition) is 5. The maximum absolute atomic E-state index is 11.9. The van der Waals surface area contributed by atoms with E-state index in [9.17, 15) is 4.79 Å². The standard InChI is InChI=1S/C10H16N4O2S/c1-7-12-13-9(17-7)11-10(16)14-4-2-3-8(5-14)6-15/h8,15H,2-6H2,1H3,(H,11,13,16)/t8-/m1/s1. The summed E-state index contributed by atoms with van der Waals surface area (Å²) >= 11 is 1.36. The Morgan fingerprint density at radius 2 is 2.47 bits per heavy atom. The first-order valence-electron chi connectivity index (χ1n) is 5.66. The Morgan fingerprint density at radius 3 is 3.12 bits per heavy atom. The van der Waals surface area contributed by atoms with Crippen molar-refractivity contribution in [3.05, 3.63) is 5.01 Å². The highest BCUT2D eigenvalue weighted by Crippen LogP contribution is 2.18. The Bertz CT molecular complexity index is 395. The third-order valence-electron chi connectivity index (χ3n) is 2.80. The number of carbonyl (C=O) groups is 1. The molecule has 0 radical (unpaired) electrons. The predicted molar refractivity (Wildman–Crippen MR) is 65.0 cm³/mol. The Balaban J connectivity index is 1.91. The van der Waals surface area contributed by atoms with Gasteiger partial charge in [-0.2, -0.15) is 0 Å². The minimum Gasteiger partial charge on any atom is -0.396 e. The van der Waals surface area contributed by atoms with Gasteiger partial charge >= 0.3 is 6.03 Å². The quantitative estimate of drug-likeness (QED) is 0.830. The van der Waals surface area contributed by atoms with Gasteiger partial charge in [-0.15, -0.1) is 10.2 Å². The molecule has 1 aliphatic heterocycles. The summed E-state index contributed by atoms with van der Waals surface area (Å²) in [7, 11) is 0. The number of hydrogen-bond donors (Lipinski definition) is 2. The second-order valence-corrected chi connectivity index (χ2v) is 5.37. The van der Waals surface area contributed by atoms with Gasteiger partial charge in [0, 0.05) is 19.7 Å². The van der Waals surface area contributed by atoms with E-state index in [2.05, 4.69) is 15.5 Å². The van der Waals surface area contributed by atoms with Crippen molar-refractivity contribution in [2.24, 2.45) is 5.92 Å². The average Bonchev–Trinajstić information content (AvgIpc) is 2.75. The van der Waals surface area contributed by atoms with Crippen LogP contribution in [-0.2, 0) is 0 Å². The molecule has 6 nitrogen and oxygen atoms in total. The highest BCUT2D eigenvalue weighted by Gasteiger charge is 2.23. The second kappa shape index (κ2) is 5.42. The number of piperidine rings is 1.